The number of likely N-dealkylation sites (N-methyl/N-ethyl adjacent to an activating group) is 1. The summed E-state index contributed by atoms with van der Waals surface area (Å²) in [5.41, 5.74) is 5.79. The lowest BCUT2D eigenvalue weighted by Gasteiger charge is -2.14. The number of amides is 1. The van der Waals surface area contributed by atoms with Crippen LogP contribution in [-0.4, -0.2) is 66.7 Å². The largest absolute Gasteiger partial charge is 0.497 e. The fourth-order valence-corrected chi connectivity index (χ4v) is 6.08. The minimum absolute atomic E-state index is 0.00252. The molecule has 1 amide bonds. The van der Waals surface area contributed by atoms with Gasteiger partial charge in [-0.3, -0.25) is 4.79 Å². The van der Waals surface area contributed by atoms with Gasteiger partial charge in [0, 0.05) is 12.6 Å². The molecule has 3 N–H and O–H groups in total. The van der Waals surface area contributed by atoms with Crippen molar-refractivity contribution < 1.29 is 27.4 Å². The molecule has 2 aliphatic rings. The first-order valence-corrected chi connectivity index (χ1v) is 13.9. The fourth-order valence-electron chi connectivity index (χ4n) is 5.24. The van der Waals surface area contributed by atoms with Crippen LogP contribution in [0.5, 0.6) is 17.2 Å². The van der Waals surface area contributed by atoms with Crippen LogP contribution >= 0.6 is 0 Å². The summed E-state index contributed by atoms with van der Waals surface area (Å²) in [5, 5.41) is 8.57. The standard InChI is InChI=1S/C28H35N3O6S/c1-17-21(8-6-18-12-25(36-4)28(38(29,33)34)26(13-18)37-5)22-9-7-20(35-3)14-24(22)23(17)15-27(32)30-19-10-11-31(2)16-19/h7-9,12-14,19H,6,10-11,15-16H2,1-5H3,(H,30,32)(H2,29,33,34)/b21-8-. The Labute approximate surface area is 224 Å². The van der Waals surface area contributed by atoms with Crippen LogP contribution in [0.4, 0.5) is 0 Å². The van der Waals surface area contributed by atoms with Crippen molar-refractivity contribution in [1.29, 1.82) is 0 Å². The second-order valence-corrected chi connectivity index (χ2v) is 11.2. The van der Waals surface area contributed by atoms with Crippen molar-refractivity contribution >= 4 is 27.1 Å². The molecule has 1 aliphatic heterocycles. The van der Waals surface area contributed by atoms with E-state index in [-0.39, 0.29) is 34.8 Å². The van der Waals surface area contributed by atoms with Gasteiger partial charge in [0.2, 0.25) is 15.9 Å². The Morgan fingerprint density at radius 2 is 1.79 bits per heavy atom. The van der Waals surface area contributed by atoms with Crippen LogP contribution in [-0.2, 0) is 21.2 Å². The molecule has 9 nitrogen and oxygen atoms in total. The van der Waals surface area contributed by atoms with Gasteiger partial charge < -0.3 is 24.4 Å². The molecule has 38 heavy (non-hydrogen) atoms. The number of sulfonamides is 1. The van der Waals surface area contributed by atoms with E-state index in [1.54, 1.807) is 19.2 Å². The first kappa shape index (κ1) is 27.7. The maximum Gasteiger partial charge on any atom is 0.245 e. The van der Waals surface area contributed by atoms with Crippen molar-refractivity contribution in [2.24, 2.45) is 5.14 Å². The zero-order chi connectivity index (χ0) is 27.6. The number of rotatable bonds is 9. The van der Waals surface area contributed by atoms with Crippen molar-refractivity contribution in [2.75, 3.05) is 41.5 Å². The number of hydrogen-bond acceptors (Lipinski definition) is 7. The van der Waals surface area contributed by atoms with Crippen LogP contribution in [0.15, 0.2) is 46.9 Å². The molecule has 1 unspecified atom stereocenters. The van der Waals surface area contributed by atoms with E-state index >= 15 is 0 Å². The van der Waals surface area contributed by atoms with Crippen LogP contribution in [0.2, 0.25) is 0 Å². The molecule has 204 valence electrons. The average molecular weight is 542 g/mol. The number of ether oxygens (including phenoxy) is 3. The van der Waals surface area contributed by atoms with Gasteiger partial charge in [-0.05, 0) is 91.0 Å². The lowest BCUT2D eigenvalue weighted by Crippen LogP contribution is -2.36. The highest BCUT2D eigenvalue weighted by Gasteiger charge is 2.28. The minimum Gasteiger partial charge on any atom is -0.497 e. The maximum absolute atomic E-state index is 13.0. The van der Waals surface area contributed by atoms with Gasteiger partial charge in [-0.15, -0.1) is 0 Å². The van der Waals surface area contributed by atoms with E-state index in [9.17, 15) is 13.2 Å². The van der Waals surface area contributed by atoms with E-state index in [1.165, 1.54) is 14.2 Å². The number of likely N-dealkylation sites (tertiary alicyclic amines) is 1. The molecule has 1 aliphatic carbocycles. The van der Waals surface area contributed by atoms with Gasteiger partial charge in [-0.2, -0.15) is 0 Å². The van der Waals surface area contributed by atoms with Crippen LogP contribution in [0.3, 0.4) is 0 Å². The van der Waals surface area contributed by atoms with Gasteiger partial charge in [0.05, 0.1) is 27.8 Å². The number of primary sulfonamides is 1. The third-order valence-corrected chi connectivity index (χ3v) is 8.11. The van der Waals surface area contributed by atoms with E-state index in [4.69, 9.17) is 19.3 Å². The third-order valence-electron chi connectivity index (χ3n) is 7.14. The Morgan fingerprint density at radius 3 is 2.34 bits per heavy atom. The molecule has 10 heteroatoms. The number of carbonyl (C=O) groups is 1. The van der Waals surface area contributed by atoms with Crippen molar-refractivity contribution in [1.82, 2.24) is 10.2 Å². The smallest absolute Gasteiger partial charge is 0.245 e. The molecule has 0 spiro atoms. The molecule has 1 heterocycles. The Bertz CT molecular complexity index is 1390. The number of methoxy groups -OCH3 is 3. The number of carbonyl (C=O) groups excluding carboxylic acids is 1. The molecule has 0 saturated carbocycles. The summed E-state index contributed by atoms with van der Waals surface area (Å²) in [6, 6.07) is 9.35. The van der Waals surface area contributed by atoms with Crippen LogP contribution in [0, 0.1) is 0 Å². The highest BCUT2D eigenvalue weighted by Crippen LogP contribution is 2.44. The number of fused-ring (bicyclic) bond motifs is 1. The van der Waals surface area contributed by atoms with Gasteiger partial charge in [-0.25, -0.2) is 13.6 Å². The monoisotopic (exact) mass is 541 g/mol. The number of nitrogens with zero attached hydrogens (tertiary/aromatic N) is 1. The number of allylic oxidation sites excluding steroid dienone is 3. The molecule has 0 radical (unpaired) electrons. The molecular formula is C28H35N3O6S. The van der Waals surface area contributed by atoms with E-state index in [0.717, 1.165) is 58.7 Å². The Morgan fingerprint density at radius 1 is 1.11 bits per heavy atom. The van der Waals surface area contributed by atoms with Crippen molar-refractivity contribution in [3.63, 3.8) is 0 Å². The SMILES string of the molecule is COc1ccc2c(c1)C(CC(=O)NC1CCN(C)C1)=C(C)/C2=C/Cc1cc(OC)c(S(N)(=O)=O)c(OC)c1. The normalized spacial score (nSPS) is 18.6. The lowest BCUT2D eigenvalue weighted by atomic mass is 10.00. The summed E-state index contributed by atoms with van der Waals surface area (Å²) >= 11 is 0. The molecule has 0 bridgehead atoms. The van der Waals surface area contributed by atoms with Gasteiger partial charge in [0.15, 0.2) is 4.90 Å². The molecule has 1 saturated heterocycles. The van der Waals surface area contributed by atoms with Gasteiger partial charge in [0.25, 0.3) is 0 Å². The number of benzene rings is 2. The lowest BCUT2D eigenvalue weighted by molar-refractivity contribution is -0.120. The van der Waals surface area contributed by atoms with E-state index in [1.807, 2.05) is 25.1 Å². The van der Waals surface area contributed by atoms with Crippen molar-refractivity contribution in [2.45, 2.75) is 37.1 Å². The fraction of sp³-hybridized carbons (Fsp3) is 0.393. The predicted octanol–water partition coefficient (Wildman–Crippen LogP) is 2.98. The summed E-state index contributed by atoms with van der Waals surface area (Å²) < 4.78 is 40.3. The summed E-state index contributed by atoms with van der Waals surface area (Å²) in [6.45, 7) is 3.86. The first-order chi connectivity index (χ1) is 18.0. The number of nitrogens with one attached hydrogen (secondary N) is 1. The van der Waals surface area contributed by atoms with E-state index in [0.29, 0.717) is 6.42 Å². The molecule has 0 aromatic heterocycles. The second-order valence-electron chi connectivity index (χ2n) is 9.70. The van der Waals surface area contributed by atoms with Crippen molar-refractivity contribution in [3.05, 3.63) is 58.7 Å². The predicted molar refractivity (Wildman–Crippen MR) is 147 cm³/mol. The number of hydrogen-bond donors (Lipinski definition) is 2. The Kier molecular flexibility index (Phi) is 8.15. The highest BCUT2D eigenvalue weighted by atomic mass is 32.2. The summed E-state index contributed by atoms with van der Waals surface area (Å²) in [7, 11) is 2.41. The van der Waals surface area contributed by atoms with Crippen LogP contribution in [0.1, 0.15) is 36.5 Å². The van der Waals surface area contributed by atoms with Crippen LogP contribution < -0.4 is 24.7 Å². The zero-order valence-corrected chi connectivity index (χ0v) is 23.3. The average Bonchev–Trinajstić information content (AvgIpc) is 3.40. The third kappa shape index (κ3) is 5.72. The van der Waals surface area contributed by atoms with Crippen LogP contribution in [0.25, 0.3) is 11.1 Å². The molecule has 4 rings (SSSR count). The second kappa shape index (κ2) is 11.2. The minimum atomic E-state index is -4.05. The number of nitrogens with two attached hydrogens (primary N) is 1. The molecule has 1 atom stereocenters. The van der Waals surface area contributed by atoms with Crippen molar-refractivity contribution in [3.8, 4) is 17.2 Å². The summed E-state index contributed by atoms with van der Waals surface area (Å²) in [5.74, 6) is 0.974. The summed E-state index contributed by atoms with van der Waals surface area (Å²) in [6.07, 6.45) is 3.77. The van der Waals surface area contributed by atoms with E-state index in [2.05, 4.69) is 23.3 Å². The Balaban J connectivity index is 1.67. The molecule has 1 fully saturated rings. The first-order valence-electron chi connectivity index (χ1n) is 12.4. The Hall–Kier alpha value is -3.34. The summed E-state index contributed by atoms with van der Waals surface area (Å²) in [4.78, 5) is 15.0. The van der Waals surface area contributed by atoms with Gasteiger partial charge in [-0.1, -0.05) is 12.1 Å². The highest BCUT2D eigenvalue weighted by molar-refractivity contribution is 7.89. The molecule has 2 aromatic carbocycles. The van der Waals surface area contributed by atoms with Gasteiger partial charge >= 0.3 is 0 Å². The van der Waals surface area contributed by atoms with E-state index < -0.39 is 10.0 Å². The zero-order valence-electron chi connectivity index (χ0n) is 22.5. The quantitative estimate of drug-likeness (QED) is 0.501. The maximum atomic E-state index is 13.0. The molecular weight excluding hydrogens is 506 g/mol. The topological polar surface area (TPSA) is 120 Å². The molecule has 2 aromatic rings. The van der Waals surface area contributed by atoms with Gasteiger partial charge in [0.1, 0.15) is 17.2 Å².